The predicted molar refractivity (Wildman–Crippen MR) is 143 cm³/mol. The van der Waals surface area contributed by atoms with Gasteiger partial charge >= 0.3 is 0 Å². The van der Waals surface area contributed by atoms with E-state index in [1.165, 1.54) is 12.4 Å². The average molecular weight is 528 g/mol. The third kappa shape index (κ3) is 4.01. The quantitative estimate of drug-likeness (QED) is 0.344. The van der Waals surface area contributed by atoms with Crippen LogP contribution in [0.15, 0.2) is 51.6 Å². The van der Waals surface area contributed by atoms with Gasteiger partial charge in [-0.05, 0) is 54.9 Å². The first-order valence-electron chi connectivity index (χ1n) is 11.4. The van der Waals surface area contributed by atoms with Gasteiger partial charge in [-0.25, -0.2) is 14.6 Å². The van der Waals surface area contributed by atoms with E-state index in [-0.39, 0.29) is 18.6 Å². The number of hydrogen-bond acceptors (Lipinski definition) is 8. The number of halogens is 1. The summed E-state index contributed by atoms with van der Waals surface area (Å²) in [5.74, 6) is 0.710. The summed E-state index contributed by atoms with van der Waals surface area (Å²) in [5.41, 5.74) is 8.21. The molecule has 2 N–H and O–H groups in total. The molecule has 0 bridgehead atoms. The third-order valence-electron chi connectivity index (χ3n) is 6.89. The molecule has 10 nitrogen and oxygen atoms in total. The fourth-order valence-corrected chi connectivity index (χ4v) is 6.72. The van der Waals surface area contributed by atoms with Crippen molar-refractivity contribution in [2.45, 2.75) is 25.8 Å². The molecule has 1 amide bonds. The molecule has 2 atom stereocenters. The molecule has 2 aliphatic rings. The van der Waals surface area contributed by atoms with Crippen molar-refractivity contribution in [1.29, 1.82) is 0 Å². The molecular formula is C24H26ClN7O3S. The second kappa shape index (κ2) is 9.21. The molecule has 0 spiro atoms. The van der Waals surface area contributed by atoms with Crippen LogP contribution < -0.4 is 10.5 Å². The Bertz CT molecular complexity index is 1440. The van der Waals surface area contributed by atoms with Crippen molar-refractivity contribution < 1.29 is 9.53 Å². The lowest BCUT2D eigenvalue weighted by Crippen LogP contribution is -2.40. The molecule has 1 aromatic carbocycles. The number of hydrogen-bond donors (Lipinski definition) is 1. The smallest absolute Gasteiger partial charge is 0.246 e. The highest BCUT2D eigenvalue weighted by atomic mass is 35.5. The maximum Gasteiger partial charge on any atom is 0.246 e. The van der Waals surface area contributed by atoms with Gasteiger partial charge in [-0.2, -0.15) is 5.10 Å². The Hall–Kier alpha value is -3.44. The van der Waals surface area contributed by atoms with E-state index in [0.29, 0.717) is 46.4 Å². The van der Waals surface area contributed by atoms with E-state index in [9.17, 15) is 9.70 Å². The van der Waals surface area contributed by atoms with Gasteiger partial charge in [-0.3, -0.25) is 4.79 Å². The predicted octanol–water partition coefficient (Wildman–Crippen LogP) is 4.82. The molecular weight excluding hydrogens is 502 g/mol. The number of piperidine rings is 1. The molecule has 2 aromatic heterocycles. The minimum absolute atomic E-state index is 0.0652. The fourth-order valence-electron chi connectivity index (χ4n) is 4.63. The lowest BCUT2D eigenvalue weighted by molar-refractivity contribution is -0.127. The number of benzene rings is 1. The van der Waals surface area contributed by atoms with Gasteiger partial charge < -0.3 is 15.4 Å². The lowest BCUT2D eigenvalue weighted by Gasteiger charge is -2.32. The third-order valence-corrected chi connectivity index (χ3v) is 10.1. The van der Waals surface area contributed by atoms with Gasteiger partial charge in [0.2, 0.25) is 5.91 Å². The molecule has 4 heterocycles. The van der Waals surface area contributed by atoms with Crippen LogP contribution in [0.25, 0.3) is 22.3 Å². The highest BCUT2D eigenvalue weighted by Gasteiger charge is 2.44. The molecule has 0 radical (unpaired) electrons. The number of fused-ring (bicyclic) bond motifs is 1. The first-order chi connectivity index (χ1) is 17.3. The fraction of sp³-hybridized carbons (Fsp3) is 0.333. The van der Waals surface area contributed by atoms with E-state index < -0.39 is 10.2 Å². The Kier molecular flexibility index (Phi) is 6.21. The summed E-state index contributed by atoms with van der Waals surface area (Å²) < 4.78 is 11.0. The zero-order chi connectivity index (χ0) is 25.6. The van der Waals surface area contributed by atoms with Crippen LogP contribution >= 0.6 is 21.8 Å². The number of amides is 1. The Balaban J connectivity index is 1.46. The molecule has 2 unspecified atom stereocenters. The number of likely N-dealkylation sites (tertiary alicyclic amines) is 1. The van der Waals surface area contributed by atoms with E-state index in [4.69, 9.17) is 27.2 Å². The van der Waals surface area contributed by atoms with Crippen LogP contribution in [0.3, 0.4) is 0 Å². The van der Waals surface area contributed by atoms with Gasteiger partial charge in [0.25, 0.3) is 0 Å². The van der Waals surface area contributed by atoms with Crippen molar-refractivity contribution in [2.24, 2.45) is 4.58 Å². The van der Waals surface area contributed by atoms with E-state index in [1.807, 2.05) is 23.9 Å². The van der Waals surface area contributed by atoms with Crippen LogP contribution in [0.2, 0.25) is 5.02 Å². The van der Waals surface area contributed by atoms with Crippen LogP contribution in [-0.2, 0) is 4.79 Å². The number of rotatable bonds is 7. The molecule has 188 valence electrons. The van der Waals surface area contributed by atoms with E-state index in [2.05, 4.69) is 21.1 Å². The summed E-state index contributed by atoms with van der Waals surface area (Å²) in [6, 6.07) is 5.32. The van der Waals surface area contributed by atoms with E-state index >= 15 is 0 Å². The number of aromatic nitrogens is 4. The summed E-state index contributed by atoms with van der Waals surface area (Å²) >= 11 is 6.57. The second-order valence-corrected chi connectivity index (χ2v) is 12.3. The number of nitrogens with zero attached hydrogens (tertiary/aromatic N) is 6. The van der Waals surface area contributed by atoms with Gasteiger partial charge in [-0.1, -0.05) is 28.4 Å². The van der Waals surface area contributed by atoms with Crippen molar-refractivity contribution in [3.63, 3.8) is 0 Å². The molecule has 0 aliphatic carbocycles. The number of nitroso groups, excluding NO2 is 1. The molecule has 1 saturated heterocycles. The maximum absolute atomic E-state index is 12.2. The minimum Gasteiger partial charge on any atom is -0.487 e. The van der Waals surface area contributed by atoms with Crippen molar-refractivity contribution in [1.82, 2.24) is 24.6 Å². The normalized spacial score (nSPS) is 23.3. The molecule has 1 fully saturated rings. The average Bonchev–Trinajstić information content (AvgIpc) is 3.21. The van der Waals surface area contributed by atoms with Gasteiger partial charge in [-0.15, -0.1) is 4.91 Å². The SMILES string of the molecule is C=CC(=O)N1CCCC(n2nc(-c3ccc(OCC4=C(C)S4(C)N=O)c(Cl)c3)c3c(N)ncnc32)C1. The highest BCUT2D eigenvalue weighted by Crippen LogP contribution is 2.75. The van der Waals surface area contributed by atoms with E-state index in [1.54, 1.807) is 17.0 Å². The Labute approximate surface area is 214 Å². The van der Waals surface area contributed by atoms with E-state index in [0.717, 1.165) is 28.2 Å². The Morgan fingerprint density at radius 1 is 1.42 bits per heavy atom. The molecule has 36 heavy (non-hydrogen) atoms. The number of carbonyl (C=O) groups is 1. The Morgan fingerprint density at radius 2 is 2.22 bits per heavy atom. The zero-order valence-electron chi connectivity index (χ0n) is 20.0. The number of nitrogen functional groups attached to an aromatic ring is 1. The van der Waals surface area contributed by atoms with Crippen LogP contribution in [0.4, 0.5) is 5.82 Å². The van der Waals surface area contributed by atoms with Crippen LogP contribution in [0, 0.1) is 4.91 Å². The summed E-state index contributed by atoms with van der Waals surface area (Å²) in [4.78, 5) is 35.7. The number of allylic oxidation sites excluding steroid dienone is 1. The highest BCUT2D eigenvalue weighted by molar-refractivity contribution is 8.43. The number of ether oxygens (including phenoxy) is 1. The van der Waals surface area contributed by atoms with Gasteiger partial charge in [0, 0.05) is 28.5 Å². The lowest BCUT2D eigenvalue weighted by atomic mass is 10.1. The van der Waals surface area contributed by atoms with Gasteiger partial charge in [0.15, 0.2) is 5.65 Å². The summed E-state index contributed by atoms with van der Waals surface area (Å²) in [6.07, 6.45) is 6.29. The van der Waals surface area contributed by atoms with Crippen LogP contribution in [0.5, 0.6) is 5.75 Å². The number of anilines is 1. The van der Waals surface area contributed by atoms with Gasteiger partial charge in [0.1, 0.15) is 30.2 Å². The minimum atomic E-state index is -1.65. The molecule has 2 aliphatic heterocycles. The molecule has 3 aromatic rings. The van der Waals surface area contributed by atoms with Crippen LogP contribution in [0.1, 0.15) is 25.8 Å². The topological polar surface area (TPSA) is 129 Å². The van der Waals surface area contributed by atoms with Gasteiger partial charge in [0.05, 0.1) is 16.5 Å². The zero-order valence-corrected chi connectivity index (χ0v) is 21.6. The molecule has 0 saturated carbocycles. The summed E-state index contributed by atoms with van der Waals surface area (Å²) in [7, 11) is -1.65. The Morgan fingerprint density at radius 3 is 2.92 bits per heavy atom. The first-order valence-corrected chi connectivity index (χ1v) is 13.8. The van der Waals surface area contributed by atoms with Crippen LogP contribution in [-0.4, -0.2) is 56.5 Å². The second-order valence-electron chi connectivity index (χ2n) is 8.90. The molecule has 12 heteroatoms. The number of carbonyl (C=O) groups excluding carboxylic acids is 1. The summed E-state index contributed by atoms with van der Waals surface area (Å²) in [5, 5.41) is 5.91. The monoisotopic (exact) mass is 527 g/mol. The molecule has 5 rings (SSSR count). The maximum atomic E-state index is 12.2. The van der Waals surface area contributed by atoms with Crippen molar-refractivity contribution >= 4 is 44.6 Å². The summed E-state index contributed by atoms with van der Waals surface area (Å²) in [6.45, 7) is 6.98. The number of nitrogens with two attached hydrogens (primary N) is 1. The van der Waals surface area contributed by atoms with Crippen molar-refractivity contribution in [3.05, 3.63) is 56.9 Å². The van der Waals surface area contributed by atoms with Crippen molar-refractivity contribution in [3.8, 4) is 17.0 Å². The standard InChI is InChI=1S/C24H26ClN7O3S/c1-4-20(33)31-9-5-6-16(11-31)32-24-21(23(26)27-13-28-24)22(29-32)15-7-8-18(17(25)10-15)35-12-19-14(2)36(19,3)30-34/h4,7-8,10,13,16H,1,5-6,9,11-12H2,2-3H3,(H2,26,27,28). The first kappa shape index (κ1) is 24.3. The van der Waals surface area contributed by atoms with Crippen molar-refractivity contribution in [2.75, 3.05) is 31.7 Å². The largest absolute Gasteiger partial charge is 0.487 e.